The van der Waals surface area contributed by atoms with Crippen molar-refractivity contribution in [2.45, 2.75) is 39.2 Å². The van der Waals surface area contributed by atoms with Crippen LogP contribution in [0.25, 0.3) is 0 Å². The highest BCUT2D eigenvalue weighted by atomic mass is 16.2. The van der Waals surface area contributed by atoms with Crippen molar-refractivity contribution in [3.05, 3.63) is 11.8 Å². The third-order valence-electron chi connectivity index (χ3n) is 3.33. The van der Waals surface area contributed by atoms with Crippen molar-refractivity contribution in [1.29, 1.82) is 0 Å². The molecule has 94 valence electrons. The van der Waals surface area contributed by atoms with E-state index in [1.54, 1.807) is 10.7 Å². The topological polar surface area (TPSA) is 64.1 Å². The molecule has 1 aromatic heterocycles. The Morgan fingerprint density at radius 3 is 2.59 bits per heavy atom. The minimum absolute atomic E-state index is 0.149. The summed E-state index contributed by atoms with van der Waals surface area (Å²) in [5.41, 5.74) is 6.57. The summed E-state index contributed by atoms with van der Waals surface area (Å²) in [6.07, 6.45) is 3.45. The molecule has 0 aliphatic carbocycles. The van der Waals surface area contributed by atoms with Crippen molar-refractivity contribution in [3.8, 4) is 0 Å². The van der Waals surface area contributed by atoms with Crippen LogP contribution >= 0.6 is 0 Å². The number of nitrogens with zero attached hydrogens (tertiary/aromatic N) is 3. The van der Waals surface area contributed by atoms with Gasteiger partial charge in [-0.3, -0.25) is 9.48 Å². The molecule has 1 saturated heterocycles. The predicted octanol–water partition coefficient (Wildman–Crippen LogP) is 1.35. The molecule has 0 radical (unpaired) electrons. The minimum atomic E-state index is -0.259. The van der Waals surface area contributed by atoms with Gasteiger partial charge in [-0.1, -0.05) is 0 Å². The lowest BCUT2D eigenvalue weighted by Crippen LogP contribution is -2.40. The van der Waals surface area contributed by atoms with E-state index in [9.17, 15) is 4.79 Å². The lowest BCUT2D eigenvalue weighted by molar-refractivity contribution is -0.135. The van der Waals surface area contributed by atoms with Crippen LogP contribution < -0.4 is 5.73 Å². The molecule has 1 aliphatic heterocycles. The molecule has 1 unspecified atom stereocenters. The number of nitrogen functional groups attached to an aromatic ring is 1. The average molecular weight is 236 g/mol. The predicted molar refractivity (Wildman–Crippen MR) is 66.5 cm³/mol. The first kappa shape index (κ1) is 12.0. The SMILES string of the molecule is Cc1cc(N)nn1C(C)C(=O)N1CCCCC1. The van der Waals surface area contributed by atoms with Crippen LogP contribution in [0.4, 0.5) is 5.82 Å². The van der Waals surface area contributed by atoms with Crippen LogP contribution in [0, 0.1) is 6.92 Å². The van der Waals surface area contributed by atoms with Gasteiger partial charge in [0.2, 0.25) is 5.91 Å². The number of aryl methyl sites for hydroxylation is 1. The number of carbonyl (C=O) groups is 1. The quantitative estimate of drug-likeness (QED) is 0.843. The summed E-state index contributed by atoms with van der Waals surface area (Å²) in [6, 6.07) is 1.53. The van der Waals surface area contributed by atoms with Gasteiger partial charge in [-0.2, -0.15) is 5.10 Å². The monoisotopic (exact) mass is 236 g/mol. The number of likely N-dealkylation sites (tertiary alicyclic amines) is 1. The molecule has 0 saturated carbocycles. The molecular weight excluding hydrogens is 216 g/mol. The number of nitrogens with two attached hydrogens (primary N) is 1. The van der Waals surface area contributed by atoms with Crippen molar-refractivity contribution < 1.29 is 4.79 Å². The van der Waals surface area contributed by atoms with Crippen molar-refractivity contribution in [3.63, 3.8) is 0 Å². The van der Waals surface area contributed by atoms with Gasteiger partial charge in [0.15, 0.2) is 0 Å². The number of hydrogen-bond donors (Lipinski definition) is 1. The Kier molecular flexibility index (Phi) is 3.36. The van der Waals surface area contributed by atoms with Crippen LogP contribution in [0.5, 0.6) is 0 Å². The zero-order valence-electron chi connectivity index (χ0n) is 10.5. The average Bonchev–Trinajstić information content (AvgIpc) is 2.68. The van der Waals surface area contributed by atoms with Crippen LogP contribution in [0.2, 0.25) is 0 Å². The molecule has 5 heteroatoms. The largest absolute Gasteiger partial charge is 0.382 e. The van der Waals surface area contributed by atoms with Gasteiger partial charge >= 0.3 is 0 Å². The molecule has 17 heavy (non-hydrogen) atoms. The highest BCUT2D eigenvalue weighted by Gasteiger charge is 2.24. The first-order chi connectivity index (χ1) is 8.09. The van der Waals surface area contributed by atoms with Crippen molar-refractivity contribution in [2.75, 3.05) is 18.8 Å². The summed E-state index contributed by atoms with van der Waals surface area (Å²) in [5.74, 6) is 0.622. The summed E-state index contributed by atoms with van der Waals surface area (Å²) < 4.78 is 1.71. The highest BCUT2D eigenvalue weighted by molar-refractivity contribution is 5.80. The smallest absolute Gasteiger partial charge is 0.247 e. The maximum Gasteiger partial charge on any atom is 0.247 e. The number of amides is 1. The summed E-state index contributed by atoms with van der Waals surface area (Å²) in [6.45, 7) is 5.55. The molecular formula is C12H20N4O. The fourth-order valence-corrected chi connectivity index (χ4v) is 2.39. The first-order valence-electron chi connectivity index (χ1n) is 6.20. The van der Waals surface area contributed by atoms with Crippen LogP contribution in [0.15, 0.2) is 6.07 Å². The van der Waals surface area contributed by atoms with Crippen LogP contribution in [-0.4, -0.2) is 33.7 Å². The second-order valence-electron chi connectivity index (χ2n) is 4.72. The zero-order chi connectivity index (χ0) is 12.4. The fraction of sp³-hybridized carbons (Fsp3) is 0.667. The molecule has 2 heterocycles. The molecule has 2 rings (SSSR count). The molecule has 1 atom stereocenters. The number of carbonyl (C=O) groups excluding carboxylic acids is 1. The van der Waals surface area contributed by atoms with E-state index in [0.717, 1.165) is 31.6 Å². The number of hydrogen-bond acceptors (Lipinski definition) is 3. The Balaban J connectivity index is 2.11. The van der Waals surface area contributed by atoms with Gasteiger partial charge in [0.25, 0.3) is 0 Å². The molecule has 0 bridgehead atoms. The lowest BCUT2D eigenvalue weighted by atomic mass is 10.1. The Hall–Kier alpha value is -1.52. The van der Waals surface area contributed by atoms with Crippen molar-refractivity contribution in [1.82, 2.24) is 14.7 Å². The Morgan fingerprint density at radius 1 is 1.41 bits per heavy atom. The molecule has 2 N–H and O–H groups in total. The van der Waals surface area contributed by atoms with Gasteiger partial charge in [-0.25, -0.2) is 0 Å². The van der Waals surface area contributed by atoms with E-state index >= 15 is 0 Å². The van der Waals surface area contributed by atoms with Crippen LogP contribution in [0.1, 0.15) is 37.9 Å². The van der Waals surface area contributed by atoms with E-state index < -0.39 is 0 Å². The van der Waals surface area contributed by atoms with Gasteiger partial charge < -0.3 is 10.6 Å². The van der Waals surface area contributed by atoms with E-state index in [2.05, 4.69) is 5.10 Å². The maximum absolute atomic E-state index is 12.3. The number of piperidine rings is 1. The Morgan fingerprint density at radius 2 is 2.06 bits per heavy atom. The molecule has 0 aromatic carbocycles. The fourth-order valence-electron chi connectivity index (χ4n) is 2.39. The van der Waals surface area contributed by atoms with Crippen molar-refractivity contribution in [2.24, 2.45) is 0 Å². The van der Waals surface area contributed by atoms with Crippen LogP contribution in [-0.2, 0) is 4.79 Å². The Bertz CT molecular complexity index is 407. The summed E-state index contributed by atoms with van der Waals surface area (Å²) >= 11 is 0. The van der Waals surface area contributed by atoms with Gasteiger partial charge in [-0.15, -0.1) is 0 Å². The van der Waals surface area contributed by atoms with Crippen LogP contribution in [0.3, 0.4) is 0 Å². The molecule has 1 amide bonds. The molecule has 1 fully saturated rings. The summed E-state index contributed by atoms with van der Waals surface area (Å²) in [7, 11) is 0. The molecule has 5 nitrogen and oxygen atoms in total. The van der Waals surface area contributed by atoms with Gasteiger partial charge in [0.1, 0.15) is 11.9 Å². The van der Waals surface area contributed by atoms with E-state index in [-0.39, 0.29) is 11.9 Å². The number of anilines is 1. The van der Waals surface area contributed by atoms with E-state index in [1.807, 2.05) is 18.7 Å². The van der Waals surface area contributed by atoms with E-state index in [0.29, 0.717) is 5.82 Å². The van der Waals surface area contributed by atoms with Gasteiger partial charge in [0.05, 0.1) is 0 Å². The number of aromatic nitrogens is 2. The van der Waals surface area contributed by atoms with Gasteiger partial charge in [-0.05, 0) is 33.1 Å². The first-order valence-corrected chi connectivity index (χ1v) is 6.20. The van der Waals surface area contributed by atoms with Gasteiger partial charge in [0, 0.05) is 24.8 Å². The maximum atomic E-state index is 12.3. The zero-order valence-corrected chi connectivity index (χ0v) is 10.5. The minimum Gasteiger partial charge on any atom is -0.382 e. The number of rotatable bonds is 2. The van der Waals surface area contributed by atoms with E-state index in [1.165, 1.54) is 6.42 Å². The summed E-state index contributed by atoms with van der Waals surface area (Å²) in [5, 5.41) is 4.17. The molecule has 0 spiro atoms. The van der Waals surface area contributed by atoms with Crippen molar-refractivity contribution >= 4 is 11.7 Å². The lowest BCUT2D eigenvalue weighted by Gasteiger charge is -2.29. The second kappa shape index (κ2) is 4.77. The normalized spacial score (nSPS) is 18.1. The highest BCUT2D eigenvalue weighted by Crippen LogP contribution is 2.17. The molecule has 1 aromatic rings. The standard InChI is InChI=1S/C12H20N4O/c1-9-8-11(13)14-16(9)10(2)12(17)15-6-4-3-5-7-15/h8,10H,3-7H2,1-2H3,(H2,13,14). The third kappa shape index (κ3) is 2.43. The van der Waals surface area contributed by atoms with E-state index in [4.69, 9.17) is 5.73 Å². The Labute approximate surface area is 102 Å². The molecule has 1 aliphatic rings. The second-order valence-corrected chi connectivity index (χ2v) is 4.72. The third-order valence-corrected chi connectivity index (χ3v) is 3.33. The summed E-state index contributed by atoms with van der Waals surface area (Å²) in [4.78, 5) is 14.2.